The van der Waals surface area contributed by atoms with Crippen LogP contribution in [0.4, 0.5) is 13.2 Å². The van der Waals surface area contributed by atoms with Gasteiger partial charge < -0.3 is 4.98 Å². The zero-order valence-corrected chi connectivity index (χ0v) is 8.28. The molecule has 1 heterocycles. The van der Waals surface area contributed by atoms with E-state index >= 15 is 0 Å². The smallest absolute Gasteiger partial charge is 0.345 e. The number of aromatic amines is 1. The molecule has 6 heteroatoms. The first kappa shape index (κ1) is 9.51. The normalized spacial score (nSPS) is 12.3. The van der Waals surface area contributed by atoms with Gasteiger partial charge in [-0.2, -0.15) is 13.2 Å². The molecule has 0 spiro atoms. The molecule has 0 aliphatic heterocycles. The third-order valence-corrected chi connectivity index (χ3v) is 2.47. The quantitative estimate of drug-likeness (QED) is 0.777. The van der Waals surface area contributed by atoms with Crippen LogP contribution in [0.2, 0.25) is 0 Å². The van der Waals surface area contributed by atoms with Gasteiger partial charge in [0.2, 0.25) is 0 Å². The molecule has 2 aromatic rings. The van der Waals surface area contributed by atoms with Gasteiger partial charge in [-0.05, 0) is 12.1 Å². The highest BCUT2D eigenvalue weighted by Crippen LogP contribution is 2.36. The predicted molar refractivity (Wildman–Crippen MR) is 48.8 cm³/mol. The number of nitrogens with zero attached hydrogens (tertiary/aromatic N) is 1. The number of hydrogen-bond acceptors (Lipinski definition) is 1. The first-order valence-electron chi connectivity index (χ1n) is 3.68. The number of alkyl halides is 3. The van der Waals surface area contributed by atoms with Crippen LogP contribution in [0.15, 0.2) is 22.9 Å². The van der Waals surface area contributed by atoms with Crippen molar-refractivity contribution in [1.82, 2.24) is 9.97 Å². The molecular formula is C8H4BrF3N2. The number of aromatic nitrogens is 2. The maximum absolute atomic E-state index is 12.4. The molecule has 0 aliphatic rings. The summed E-state index contributed by atoms with van der Waals surface area (Å²) < 4.78 is 37.3. The Morgan fingerprint density at radius 1 is 1.29 bits per heavy atom. The summed E-state index contributed by atoms with van der Waals surface area (Å²) in [5.74, 6) is 0. The van der Waals surface area contributed by atoms with Crippen LogP contribution in [0.1, 0.15) is 5.56 Å². The number of halogens is 4. The van der Waals surface area contributed by atoms with Gasteiger partial charge >= 0.3 is 6.18 Å². The Morgan fingerprint density at radius 2 is 2.00 bits per heavy atom. The van der Waals surface area contributed by atoms with Crippen LogP contribution in [-0.2, 0) is 6.18 Å². The summed E-state index contributed by atoms with van der Waals surface area (Å²) in [5, 5.41) is 0. The highest BCUT2D eigenvalue weighted by Gasteiger charge is 2.33. The molecular weight excluding hydrogens is 261 g/mol. The van der Waals surface area contributed by atoms with Crippen molar-refractivity contribution in [2.45, 2.75) is 6.18 Å². The fourth-order valence-corrected chi connectivity index (χ4v) is 1.74. The molecule has 0 amide bonds. The minimum atomic E-state index is -4.36. The lowest BCUT2D eigenvalue weighted by molar-refractivity contribution is -0.138. The lowest BCUT2D eigenvalue weighted by Gasteiger charge is -2.08. The van der Waals surface area contributed by atoms with Crippen molar-refractivity contribution in [2.24, 2.45) is 0 Å². The molecule has 14 heavy (non-hydrogen) atoms. The van der Waals surface area contributed by atoms with E-state index in [0.717, 1.165) is 6.07 Å². The van der Waals surface area contributed by atoms with Crippen LogP contribution in [-0.4, -0.2) is 9.97 Å². The van der Waals surface area contributed by atoms with Crippen molar-refractivity contribution in [2.75, 3.05) is 0 Å². The average molecular weight is 265 g/mol. The van der Waals surface area contributed by atoms with E-state index in [0.29, 0.717) is 11.0 Å². The summed E-state index contributed by atoms with van der Waals surface area (Å²) >= 11 is 2.87. The van der Waals surface area contributed by atoms with Crippen molar-refractivity contribution in [3.63, 3.8) is 0 Å². The van der Waals surface area contributed by atoms with E-state index in [-0.39, 0.29) is 4.47 Å². The van der Waals surface area contributed by atoms with Crippen LogP contribution in [0.25, 0.3) is 11.0 Å². The Bertz CT molecular complexity index is 475. The minimum absolute atomic E-state index is 0.0155. The lowest BCUT2D eigenvalue weighted by Crippen LogP contribution is -2.05. The Labute approximate surface area is 85.3 Å². The van der Waals surface area contributed by atoms with Gasteiger partial charge in [0.05, 0.1) is 22.9 Å². The SMILES string of the molecule is FC(F)(F)c1cc2nc[nH]c2cc1Br. The monoisotopic (exact) mass is 264 g/mol. The molecule has 0 radical (unpaired) electrons. The average Bonchev–Trinajstić information content (AvgIpc) is 2.47. The molecule has 2 nitrogen and oxygen atoms in total. The number of H-pyrrole nitrogens is 1. The van der Waals surface area contributed by atoms with Gasteiger partial charge in [0.25, 0.3) is 0 Å². The van der Waals surface area contributed by atoms with Gasteiger partial charge in [-0.15, -0.1) is 0 Å². The van der Waals surface area contributed by atoms with Crippen LogP contribution < -0.4 is 0 Å². The second kappa shape index (κ2) is 2.98. The maximum atomic E-state index is 12.4. The Morgan fingerprint density at radius 3 is 2.64 bits per heavy atom. The molecule has 0 saturated carbocycles. The highest BCUT2D eigenvalue weighted by atomic mass is 79.9. The Kier molecular flexibility index (Phi) is 2.02. The number of hydrogen-bond donors (Lipinski definition) is 1. The second-order valence-corrected chi connectivity index (χ2v) is 3.60. The maximum Gasteiger partial charge on any atom is 0.417 e. The molecule has 1 N–H and O–H groups in total. The first-order valence-corrected chi connectivity index (χ1v) is 4.47. The number of imidazole rings is 1. The Balaban J connectivity index is 2.71. The zero-order chi connectivity index (χ0) is 10.3. The first-order chi connectivity index (χ1) is 6.48. The highest BCUT2D eigenvalue weighted by molar-refractivity contribution is 9.10. The molecule has 1 aromatic heterocycles. The van der Waals surface area contributed by atoms with Gasteiger partial charge in [-0.25, -0.2) is 4.98 Å². The van der Waals surface area contributed by atoms with E-state index in [2.05, 4.69) is 25.9 Å². The second-order valence-electron chi connectivity index (χ2n) is 2.75. The van der Waals surface area contributed by atoms with E-state index in [1.165, 1.54) is 12.4 Å². The van der Waals surface area contributed by atoms with E-state index < -0.39 is 11.7 Å². The standard InChI is InChI=1S/C8H4BrF3N2/c9-5-2-7-6(13-3-14-7)1-4(5)8(10,11)12/h1-3H,(H,13,14). The number of benzene rings is 1. The van der Waals surface area contributed by atoms with Crippen LogP contribution in [0, 0.1) is 0 Å². The largest absolute Gasteiger partial charge is 0.417 e. The summed E-state index contributed by atoms with van der Waals surface area (Å²) in [7, 11) is 0. The minimum Gasteiger partial charge on any atom is -0.345 e. The van der Waals surface area contributed by atoms with Crippen LogP contribution in [0.5, 0.6) is 0 Å². The molecule has 0 aliphatic carbocycles. The molecule has 0 unspecified atom stereocenters. The summed E-state index contributed by atoms with van der Waals surface area (Å²) in [6.07, 6.45) is -3.00. The van der Waals surface area contributed by atoms with Crippen molar-refractivity contribution in [3.8, 4) is 0 Å². The molecule has 0 fully saturated rings. The zero-order valence-electron chi connectivity index (χ0n) is 6.69. The third kappa shape index (κ3) is 1.50. The van der Waals surface area contributed by atoms with Crippen molar-refractivity contribution in [3.05, 3.63) is 28.5 Å². The van der Waals surface area contributed by atoms with E-state index in [1.807, 2.05) is 0 Å². The molecule has 74 valence electrons. The van der Waals surface area contributed by atoms with E-state index in [4.69, 9.17) is 0 Å². The van der Waals surface area contributed by atoms with Crippen molar-refractivity contribution in [1.29, 1.82) is 0 Å². The summed E-state index contributed by atoms with van der Waals surface area (Å²) in [4.78, 5) is 6.49. The third-order valence-electron chi connectivity index (χ3n) is 1.81. The molecule has 1 aromatic carbocycles. The summed E-state index contributed by atoms with van der Waals surface area (Å²) in [6.45, 7) is 0. The fourth-order valence-electron chi connectivity index (χ4n) is 1.17. The molecule has 0 bridgehead atoms. The van der Waals surface area contributed by atoms with Crippen LogP contribution in [0.3, 0.4) is 0 Å². The van der Waals surface area contributed by atoms with Gasteiger partial charge in [0, 0.05) is 4.47 Å². The summed E-state index contributed by atoms with van der Waals surface area (Å²) in [5.41, 5.74) is 0.169. The summed E-state index contributed by atoms with van der Waals surface area (Å²) in [6, 6.07) is 2.38. The predicted octanol–water partition coefficient (Wildman–Crippen LogP) is 3.34. The Hall–Kier alpha value is -1.04. The van der Waals surface area contributed by atoms with Gasteiger partial charge in [0.1, 0.15) is 0 Å². The number of fused-ring (bicyclic) bond motifs is 1. The van der Waals surface area contributed by atoms with Crippen LogP contribution >= 0.6 is 15.9 Å². The van der Waals surface area contributed by atoms with E-state index in [9.17, 15) is 13.2 Å². The number of rotatable bonds is 0. The van der Waals surface area contributed by atoms with Gasteiger partial charge in [-0.3, -0.25) is 0 Å². The lowest BCUT2D eigenvalue weighted by atomic mass is 10.2. The topological polar surface area (TPSA) is 28.7 Å². The van der Waals surface area contributed by atoms with Gasteiger partial charge in [-0.1, -0.05) is 15.9 Å². The van der Waals surface area contributed by atoms with E-state index in [1.54, 1.807) is 0 Å². The molecule has 2 rings (SSSR count). The molecule has 0 saturated heterocycles. The van der Waals surface area contributed by atoms with Crippen molar-refractivity contribution >= 4 is 27.0 Å². The van der Waals surface area contributed by atoms with Crippen molar-refractivity contribution < 1.29 is 13.2 Å². The van der Waals surface area contributed by atoms with Gasteiger partial charge in [0.15, 0.2) is 0 Å². The molecule has 0 atom stereocenters. The number of nitrogens with one attached hydrogen (secondary N) is 1. The fraction of sp³-hybridized carbons (Fsp3) is 0.125.